The van der Waals surface area contributed by atoms with E-state index in [0.29, 0.717) is 5.58 Å². The van der Waals surface area contributed by atoms with Gasteiger partial charge in [0, 0.05) is 15.4 Å². The molecule has 0 unspecified atom stereocenters. The van der Waals surface area contributed by atoms with Crippen LogP contribution in [0, 0.1) is 12.8 Å². The number of ether oxygens (including phenoxy) is 1. The highest BCUT2D eigenvalue weighted by molar-refractivity contribution is 9.10. The number of hydrogen-bond donors (Lipinski definition) is 1. The average molecular weight is 368 g/mol. The fourth-order valence-electron chi connectivity index (χ4n) is 2.24. The molecule has 0 bridgehead atoms. The van der Waals surface area contributed by atoms with E-state index in [1.54, 1.807) is 6.07 Å². The summed E-state index contributed by atoms with van der Waals surface area (Å²) >= 11 is 3.40. The average Bonchev–Trinajstić information content (AvgIpc) is 2.80. The van der Waals surface area contributed by atoms with Gasteiger partial charge in [-0.2, -0.15) is 0 Å². The molecule has 1 atom stereocenters. The van der Waals surface area contributed by atoms with Gasteiger partial charge in [0.1, 0.15) is 11.6 Å². The maximum Gasteiger partial charge on any atom is 0.328 e. The lowest BCUT2D eigenvalue weighted by Gasteiger charge is -2.19. The summed E-state index contributed by atoms with van der Waals surface area (Å²) in [5.74, 6) is -0.772. The van der Waals surface area contributed by atoms with Crippen LogP contribution in [0.25, 0.3) is 11.0 Å². The third kappa shape index (κ3) is 3.16. The summed E-state index contributed by atoms with van der Waals surface area (Å²) < 4.78 is 11.3. The Morgan fingerprint density at radius 1 is 1.32 bits per heavy atom. The molecule has 0 spiro atoms. The van der Waals surface area contributed by atoms with Crippen LogP contribution in [0.4, 0.5) is 0 Å². The quantitative estimate of drug-likeness (QED) is 0.840. The predicted molar refractivity (Wildman–Crippen MR) is 86.8 cm³/mol. The van der Waals surface area contributed by atoms with Crippen LogP contribution < -0.4 is 5.32 Å². The maximum atomic E-state index is 12.4. The molecule has 0 aliphatic rings. The van der Waals surface area contributed by atoms with Crippen molar-refractivity contribution in [3.05, 3.63) is 34.0 Å². The molecule has 0 saturated heterocycles. The number of carbonyl (C=O) groups excluding carboxylic acids is 2. The molecule has 2 rings (SSSR count). The van der Waals surface area contributed by atoms with E-state index in [0.717, 1.165) is 15.4 Å². The Morgan fingerprint density at radius 2 is 2.00 bits per heavy atom. The summed E-state index contributed by atoms with van der Waals surface area (Å²) in [6.45, 7) is 5.49. The van der Waals surface area contributed by atoms with Gasteiger partial charge < -0.3 is 14.5 Å². The molecule has 1 aromatic heterocycles. The Balaban J connectivity index is 2.33. The van der Waals surface area contributed by atoms with E-state index in [1.807, 2.05) is 32.9 Å². The molecule has 0 saturated carbocycles. The van der Waals surface area contributed by atoms with E-state index in [9.17, 15) is 9.59 Å². The Hall–Kier alpha value is -1.82. The minimum atomic E-state index is -0.711. The lowest BCUT2D eigenvalue weighted by molar-refractivity contribution is -0.144. The van der Waals surface area contributed by atoms with Crippen molar-refractivity contribution in [2.75, 3.05) is 7.11 Å². The van der Waals surface area contributed by atoms with E-state index in [2.05, 4.69) is 21.2 Å². The maximum absolute atomic E-state index is 12.4. The van der Waals surface area contributed by atoms with Gasteiger partial charge in [-0.15, -0.1) is 0 Å². The third-order valence-corrected chi connectivity index (χ3v) is 4.01. The van der Waals surface area contributed by atoms with Crippen molar-refractivity contribution in [3.63, 3.8) is 0 Å². The van der Waals surface area contributed by atoms with Crippen molar-refractivity contribution in [2.24, 2.45) is 5.92 Å². The molecule has 2 aromatic rings. The second kappa shape index (κ2) is 6.52. The number of benzene rings is 1. The number of rotatable bonds is 4. The molecule has 1 aromatic carbocycles. The van der Waals surface area contributed by atoms with Crippen LogP contribution in [0.1, 0.15) is 30.0 Å². The van der Waals surface area contributed by atoms with Crippen molar-refractivity contribution in [2.45, 2.75) is 26.8 Å². The van der Waals surface area contributed by atoms with Crippen LogP contribution in [-0.4, -0.2) is 25.0 Å². The predicted octanol–water partition coefficient (Wildman–Crippen LogP) is 3.43. The molecule has 22 heavy (non-hydrogen) atoms. The van der Waals surface area contributed by atoms with Crippen molar-refractivity contribution in [1.82, 2.24) is 5.32 Å². The Labute approximate surface area is 137 Å². The van der Waals surface area contributed by atoms with Gasteiger partial charge >= 0.3 is 5.97 Å². The fourth-order valence-corrected chi connectivity index (χ4v) is 2.60. The summed E-state index contributed by atoms with van der Waals surface area (Å²) in [7, 11) is 1.30. The topological polar surface area (TPSA) is 68.5 Å². The van der Waals surface area contributed by atoms with Crippen LogP contribution in [-0.2, 0) is 9.53 Å². The van der Waals surface area contributed by atoms with Crippen molar-refractivity contribution < 1.29 is 18.7 Å². The van der Waals surface area contributed by atoms with Crippen molar-refractivity contribution >= 4 is 38.8 Å². The van der Waals surface area contributed by atoms with E-state index in [4.69, 9.17) is 9.15 Å². The van der Waals surface area contributed by atoms with Crippen LogP contribution >= 0.6 is 15.9 Å². The number of methoxy groups -OCH3 is 1. The van der Waals surface area contributed by atoms with Gasteiger partial charge in [0.05, 0.1) is 7.11 Å². The highest BCUT2D eigenvalue weighted by atomic mass is 79.9. The SMILES string of the molecule is COC(=O)[C@@H](NC(=O)c1oc2ccc(Br)cc2c1C)C(C)C. The first kappa shape index (κ1) is 16.5. The van der Waals surface area contributed by atoms with E-state index < -0.39 is 17.9 Å². The highest BCUT2D eigenvalue weighted by Crippen LogP contribution is 2.28. The molecule has 0 aliphatic carbocycles. The first-order valence-corrected chi connectivity index (χ1v) is 7.71. The minimum absolute atomic E-state index is 0.0878. The molecule has 0 radical (unpaired) electrons. The second-order valence-corrected chi connectivity index (χ2v) is 6.33. The van der Waals surface area contributed by atoms with Gasteiger partial charge in [0.25, 0.3) is 5.91 Å². The van der Waals surface area contributed by atoms with Crippen molar-refractivity contribution in [1.29, 1.82) is 0 Å². The molecule has 1 heterocycles. The highest BCUT2D eigenvalue weighted by Gasteiger charge is 2.27. The van der Waals surface area contributed by atoms with E-state index in [-0.39, 0.29) is 11.7 Å². The summed E-state index contributed by atoms with van der Waals surface area (Å²) in [6, 6.07) is 4.82. The number of hydrogen-bond acceptors (Lipinski definition) is 4. The molecular formula is C16H18BrNO4. The van der Waals surface area contributed by atoms with Gasteiger partial charge in [-0.25, -0.2) is 4.79 Å². The Morgan fingerprint density at radius 3 is 2.59 bits per heavy atom. The third-order valence-electron chi connectivity index (χ3n) is 3.51. The van der Waals surface area contributed by atoms with Gasteiger partial charge in [0.15, 0.2) is 5.76 Å². The first-order chi connectivity index (χ1) is 10.3. The molecule has 1 N–H and O–H groups in total. The molecule has 0 fully saturated rings. The number of nitrogens with one attached hydrogen (secondary N) is 1. The summed E-state index contributed by atoms with van der Waals surface area (Å²) in [6.07, 6.45) is 0. The largest absolute Gasteiger partial charge is 0.467 e. The number of furan rings is 1. The molecule has 1 amide bonds. The van der Waals surface area contributed by atoms with Gasteiger partial charge in [-0.1, -0.05) is 29.8 Å². The van der Waals surface area contributed by atoms with Crippen molar-refractivity contribution in [3.8, 4) is 0 Å². The molecule has 118 valence electrons. The number of carbonyl (C=O) groups is 2. The van der Waals surface area contributed by atoms with Crippen LogP contribution in [0.3, 0.4) is 0 Å². The number of amides is 1. The van der Waals surface area contributed by atoms with Crippen LogP contribution in [0.2, 0.25) is 0 Å². The number of halogens is 1. The smallest absolute Gasteiger partial charge is 0.328 e. The zero-order chi connectivity index (χ0) is 16.4. The Bertz CT molecular complexity index is 720. The van der Waals surface area contributed by atoms with Crippen LogP contribution in [0.5, 0.6) is 0 Å². The first-order valence-electron chi connectivity index (χ1n) is 6.92. The lowest BCUT2D eigenvalue weighted by atomic mass is 10.0. The van der Waals surface area contributed by atoms with Crippen LogP contribution in [0.15, 0.2) is 27.1 Å². The normalized spacial score (nSPS) is 12.5. The molecule has 5 nitrogen and oxygen atoms in total. The van der Waals surface area contributed by atoms with Gasteiger partial charge in [0.2, 0.25) is 0 Å². The van der Waals surface area contributed by atoms with E-state index >= 15 is 0 Å². The number of esters is 1. The monoisotopic (exact) mass is 367 g/mol. The fraction of sp³-hybridized carbons (Fsp3) is 0.375. The summed E-state index contributed by atoms with van der Waals surface area (Å²) in [5.41, 5.74) is 1.37. The molecular weight excluding hydrogens is 350 g/mol. The molecule has 0 aliphatic heterocycles. The number of aryl methyl sites for hydroxylation is 1. The lowest BCUT2D eigenvalue weighted by Crippen LogP contribution is -2.45. The van der Waals surface area contributed by atoms with E-state index in [1.165, 1.54) is 7.11 Å². The van der Waals surface area contributed by atoms with Gasteiger partial charge in [-0.05, 0) is 31.0 Å². The second-order valence-electron chi connectivity index (χ2n) is 5.41. The minimum Gasteiger partial charge on any atom is -0.467 e. The zero-order valence-corrected chi connectivity index (χ0v) is 14.5. The standard InChI is InChI=1S/C16H18BrNO4/c1-8(2)13(16(20)21-4)18-15(19)14-9(3)11-7-10(17)5-6-12(11)22-14/h5-8,13H,1-4H3,(H,18,19)/t13-/m0/s1. The Kier molecular flexibility index (Phi) is 4.90. The summed E-state index contributed by atoms with van der Waals surface area (Å²) in [5, 5.41) is 3.54. The van der Waals surface area contributed by atoms with Gasteiger partial charge in [-0.3, -0.25) is 4.79 Å². The molecule has 6 heteroatoms. The zero-order valence-electron chi connectivity index (χ0n) is 12.9. The summed E-state index contributed by atoms with van der Waals surface area (Å²) in [4.78, 5) is 24.2. The number of fused-ring (bicyclic) bond motifs is 1.